The van der Waals surface area contributed by atoms with Crippen LogP contribution in [0.1, 0.15) is 22.4 Å². The highest BCUT2D eigenvalue weighted by atomic mass is 32.2. The van der Waals surface area contributed by atoms with E-state index in [1.807, 2.05) is 13.0 Å². The van der Waals surface area contributed by atoms with Crippen LogP contribution in [-0.2, 0) is 17.8 Å². The van der Waals surface area contributed by atoms with Gasteiger partial charge in [0.25, 0.3) is 11.5 Å². The summed E-state index contributed by atoms with van der Waals surface area (Å²) in [6.07, 6.45) is 3.97. The lowest BCUT2D eigenvalue weighted by Gasteiger charge is -2.34. The van der Waals surface area contributed by atoms with E-state index in [4.69, 9.17) is 4.42 Å². The molecule has 0 saturated carbocycles. The summed E-state index contributed by atoms with van der Waals surface area (Å²) < 4.78 is 6.74. The average Bonchev–Trinajstić information content (AvgIpc) is 3.49. The lowest BCUT2D eigenvalue weighted by Crippen LogP contribution is -2.51. The van der Waals surface area contributed by atoms with Gasteiger partial charge in [-0.05, 0) is 24.6 Å². The molecule has 1 aliphatic rings. The molecule has 3 aromatic rings. The SMILES string of the molecule is C=CCn1c(SCC(=O)N2CCN(C(=O)c3ccco3)CC2)nc2sc(CC)cc2c1=O. The maximum atomic E-state index is 12.9. The zero-order valence-electron chi connectivity index (χ0n) is 17.8. The molecule has 0 atom stereocenters. The normalized spacial score (nSPS) is 14.2. The first-order valence-corrected chi connectivity index (χ1v) is 12.2. The van der Waals surface area contributed by atoms with Crippen LogP contribution in [0.25, 0.3) is 10.2 Å². The number of aryl methyl sites for hydroxylation is 1. The number of hydrogen-bond donors (Lipinski definition) is 0. The Morgan fingerprint density at radius 1 is 1.28 bits per heavy atom. The first kappa shape index (κ1) is 22.3. The van der Waals surface area contributed by atoms with Crippen LogP contribution >= 0.6 is 23.1 Å². The smallest absolute Gasteiger partial charge is 0.289 e. The van der Waals surface area contributed by atoms with Gasteiger partial charge in [0.2, 0.25) is 5.91 Å². The predicted molar refractivity (Wildman–Crippen MR) is 125 cm³/mol. The molecule has 0 N–H and O–H groups in total. The summed E-state index contributed by atoms with van der Waals surface area (Å²) in [5.74, 6) is 0.277. The molecule has 1 aliphatic heterocycles. The maximum Gasteiger partial charge on any atom is 0.289 e. The highest BCUT2D eigenvalue weighted by molar-refractivity contribution is 7.99. The topological polar surface area (TPSA) is 88.7 Å². The van der Waals surface area contributed by atoms with E-state index in [2.05, 4.69) is 11.6 Å². The van der Waals surface area contributed by atoms with Crippen LogP contribution in [0, 0.1) is 0 Å². The second-order valence-electron chi connectivity index (χ2n) is 7.32. The van der Waals surface area contributed by atoms with E-state index in [0.717, 1.165) is 11.3 Å². The number of nitrogens with zero attached hydrogens (tertiary/aromatic N) is 4. The van der Waals surface area contributed by atoms with Crippen molar-refractivity contribution in [2.45, 2.75) is 25.0 Å². The number of carbonyl (C=O) groups excluding carboxylic acids is 2. The third kappa shape index (κ3) is 4.51. The van der Waals surface area contributed by atoms with Gasteiger partial charge in [0.1, 0.15) is 4.83 Å². The van der Waals surface area contributed by atoms with Gasteiger partial charge < -0.3 is 14.2 Å². The number of rotatable bonds is 7. The fraction of sp³-hybridized carbons (Fsp3) is 0.364. The third-order valence-corrected chi connectivity index (χ3v) is 7.44. The Kier molecular flexibility index (Phi) is 6.80. The van der Waals surface area contributed by atoms with E-state index in [-0.39, 0.29) is 23.1 Å². The van der Waals surface area contributed by atoms with E-state index < -0.39 is 0 Å². The first-order chi connectivity index (χ1) is 15.5. The number of aromatic nitrogens is 2. The molecule has 0 unspecified atom stereocenters. The van der Waals surface area contributed by atoms with Gasteiger partial charge in [-0.1, -0.05) is 24.8 Å². The fourth-order valence-corrected chi connectivity index (χ4v) is 5.47. The van der Waals surface area contributed by atoms with Crippen molar-refractivity contribution in [1.82, 2.24) is 19.4 Å². The van der Waals surface area contributed by atoms with Crippen LogP contribution in [0.15, 0.2) is 51.5 Å². The average molecular weight is 473 g/mol. The monoisotopic (exact) mass is 472 g/mol. The first-order valence-electron chi connectivity index (χ1n) is 10.4. The molecule has 1 saturated heterocycles. The van der Waals surface area contributed by atoms with E-state index in [9.17, 15) is 14.4 Å². The van der Waals surface area contributed by atoms with Crippen LogP contribution < -0.4 is 5.56 Å². The van der Waals surface area contributed by atoms with Crippen molar-refractivity contribution in [3.05, 3.63) is 58.1 Å². The van der Waals surface area contributed by atoms with Crippen LogP contribution in [0.2, 0.25) is 0 Å². The minimum Gasteiger partial charge on any atom is -0.459 e. The quantitative estimate of drug-likeness (QED) is 0.298. The van der Waals surface area contributed by atoms with E-state index in [0.29, 0.717) is 53.9 Å². The molecule has 3 aromatic heterocycles. The molecule has 32 heavy (non-hydrogen) atoms. The molecule has 0 radical (unpaired) electrons. The number of thiophene rings is 1. The van der Waals surface area contributed by atoms with E-state index in [1.54, 1.807) is 32.6 Å². The number of furan rings is 1. The Morgan fingerprint density at radius 3 is 2.69 bits per heavy atom. The van der Waals surface area contributed by atoms with Gasteiger partial charge in [0, 0.05) is 37.6 Å². The summed E-state index contributed by atoms with van der Waals surface area (Å²) >= 11 is 2.78. The Balaban J connectivity index is 1.41. The molecule has 2 amide bonds. The molecule has 4 heterocycles. The van der Waals surface area contributed by atoms with E-state index in [1.165, 1.54) is 29.4 Å². The van der Waals surface area contributed by atoms with Gasteiger partial charge in [0.15, 0.2) is 10.9 Å². The Labute approximate surface area is 193 Å². The summed E-state index contributed by atoms with van der Waals surface area (Å²) in [5, 5.41) is 1.13. The van der Waals surface area contributed by atoms with Gasteiger partial charge in [0.05, 0.1) is 17.4 Å². The number of allylic oxidation sites excluding steroid dienone is 1. The number of fused-ring (bicyclic) bond motifs is 1. The van der Waals surface area contributed by atoms with E-state index >= 15 is 0 Å². The standard InChI is InChI=1S/C22H24N4O4S2/c1-3-7-26-20(28)16-13-15(4-2)32-19(16)23-22(26)31-14-18(27)24-8-10-25(11-9-24)21(29)17-6-5-12-30-17/h3,5-6,12-13H,1,4,7-11,14H2,2H3. The number of carbonyl (C=O) groups is 2. The number of amides is 2. The summed E-state index contributed by atoms with van der Waals surface area (Å²) in [4.78, 5) is 48.0. The van der Waals surface area contributed by atoms with Gasteiger partial charge in [-0.25, -0.2) is 4.98 Å². The zero-order valence-corrected chi connectivity index (χ0v) is 19.4. The van der Waals surface area contributed by atoms with Gasteiger partial charge in [-0.2, -0.15) is 0 Å². The lowest BCUT2D eigenvalue weighted by atomic mass is 10.3. The molecule has 168 valence electrons. The van der Waals surface area contributed by atoms with Gasteiger partial charge in [-0.3, -0.25) is 19.0 Å². The highest BCUT2D eigenvalue weighted by Gasteiger charge is 2.26. The second kappa shape index (κ2) is 9.74. The number of hydrogen-bond acceptors (Lipinski definition) is 7. The summed E-state index contributed by atoms with van der Waals surface area (Å²) in [6, 6.07) is 5.22. The molecule has 0 aromatic carbocycles. The molecule has 1 fully saturated rings. The molecule has 10 heteroatoms. The summed E-state index contributed by atoms with van der Waals surface area (Å²) in [7, 11) is 0. The van der Waals surface area contributed by atoms with Crippen LogP contribution in [0.4, 0.5) is 0 Å². The van der Waals surface area contributed by atoms with Crippen molar-refractivity contribution in [3.8, 4) is 0 Å². The van der Waals surface area contributed by atoms with Crippen molar-refractivity contribution in [3.63, 3.8) is 0 Å². The molecule has 4 rings (SSSR count). The van der Waals surface area contributed by atoms with Crippen LogP contribution in [0.3, 0.4) is 0 Å². The third-order valence-electron chi connectivity index (χ3n) is 5.30. The van der Waals surface area contributed by atoms with Gasteiger partial charge in [-0.15, -0.1) is 17.9 Å². The zero-order chi connectivity index (χ0) is 22.7. The van der Waals surface area contributed by atoms with Crippen LogP contribution in [0.5, 0.6) is 0 Å². The molecule has 0 aliphatic carbocycles. The fourth-order valence-electron chi connectivity index (χ4n) is 3.55. The second-order valence-corrected chi connectivity index (χ2v) is 9.38. The molecular formula is C22H24N4O4S2. The molecule has 8 nitrogen and oxygen atoms in total. The van der Waals surface area contributed by atoms with Crippen molar-refractivity contribution in [2.75, 3.05) is 31.9 Å². The predicted octanol–water partition coefficient (Wildman–Crippen LogP) is 2.88. The van der Waals surface area contributed by atoms with Crippen molar-refractivity contribution in [2.24, 2.45) is 0 Å². The number of piperazine rings is 1. The van der Waals surface area contributed by atoms with Crippen molar-refractivity contribution < 1.29 is 14.0 Å². The Morgan fingerprint density at radius 2 is 2.03 bits per heavy atom. The van der Waals surface area contributed by atoms with Crippen LogP contribution in [-0.4, -0.2) is 63.1 Å². The lowest BCUT2D eigenvalue weighted by molar-refractivity contribution is -0.129. The summed E-state index contributed by atoms with van der Waals surface area (Å²) in [5.41, 5.74) is -0.106. The Hall–Kier alpha value is -2.85. The maximum absolute atomic E-state index is 12.9. The number of thioether (sulfide) groups is 1. The highest BCUT2D eigenvalue weighted by Crippen LogP contribution is 2.25. The molecule has 0 bridgehead atoms. The summed E-state index contributed by atoms with van der Waals surface area (Å²) in [6.45, 7) is 7.95. The van der Waals surface area contributed by atoms with Crippen molar-refractivity contribution in [1.29, 1.82) is 0 Å². The Bertz CT molecular complexity index is 1190. The molecule has 0 spiro atoms. The minimum atomic E-state index is -0.162. The van der Waals surface area contributed by atoms with Crippen molar-refractivity contribution >= 4 is 45.1 Å². The van der Waals surface area contributed by atoms with Gasteiger partial charge >= 0.3 is 0 Å². The minimum absolute atomic E-state index is 0.0416. The molecular weight excluding hydrogens is 448 g/mol. The largest absolute Gasteiger partial charge is 0.459 e.